The number of likely N-dealkylation sites (tertiary alicyclic amines) is 1. The summed E-state index contributed by atoms with van der Waals surface area (Å²) in [6, 6.07) is 7.57. The van der Waals surface area contributed by atoms with Gasteiger partial charge in [-0.1, -0.05) is 12.1 Å². The van der Waals surface area contributed by atoms with Crippen molar-refractivity contribution in [2.45, 2.75) is 4.90 Å². The SMILES string of the molecule is COCCNC(=O)CSc1ccccc1C(=O)N1C[C@H]2CNC[C@H]2C1. The molecule has 136 valence electrons. The number of nitrogens with one attached hydrogen (secondary N) is 2. The Morgan fingerprint density at radius 2 is 2.00 bits per heavy atom. The normalized spacial score (nSPS) is 22.0. The van der Waals surface area contributed by atoms with Gasteiger partial charge in [-0.15, -0.1) is 11.8 Å². The van der Waals surface area contributed by atoms with Crippen molar-refractivity contribution in [3.05, 3.63) is 29.8 Å². The van der Waals surface area contributed by atoms with Gasteiger partial charge in [0.1, 0.15) is 0 Å². The number of ether oxygens (including phenoxy) is 1. The third-order valence-electron chi connectivity index (χ3n) is 4.78. The summed E-state index contributed by atoms with van der Waals surface area (Å²) in [7, 11) is 1.60. The summed E-state index contributed by atoms with van der Waals surface area (Å²) in [4.78, 5) is 27.6. The first-order chi connectivity index (χ1) is 12.2. The summed E-state index contributed by atoms with van der Waals surface area (Å²) in [6.45, 7) is 4.66. The van der Waals surface area contributed by atoms with Crippen LogP contribution in [0.5, 0.6) is 0 Å². The van der Waals surface area contributed by atoms with Crippen molar-refractivity contribution in [2.75, 3.05) is 52.2 Å². The van der Waals surface area contributed by atoms with Gasteiger partial charge in [-0.3, -0.25) is 9.59 Å². The number of carbonyl (C=O) groups excluding carboxylic acids is 2. The maximum Gasteiger partial charge on any atom is 0.255 e. The quantitative estimate of drug-likeness (QED) is 0.555. The molecular formula is C18H25N3O3S. The van der Waals surface area contributed by atoms with Gasteiger partial charge < -0.3 is 20.3 Å². The molecule has 0 aromatic heterocycles. The molecule has 2 N–H and O–H groups in total. The Hall–Kier alpha value is -1.57. The van der Waals surface area contributed by atoms with Gasteiger partial charge in [-0.25, -0.2) is 0 Å². The highest BCUT2D eigenvalue weighted by Gasteiger charge is 2.38. The molecule has 3 rings (SSSR count). The first kappa shape index (κ1) is 18.2. The Labute approximate surface area is 152 Å². The molecule has 2 aliphatic heterocycles. The van der Waals surface area contributed by atoms with Gasteiger partial charge in [-0.2, -0.15) is 0 Å². The highest BCUT2D eigenvalue weighted by atomic mass is 32.2. The number of benzene rings is 1. The van der Waals surface area contributed by atoms with Crippen molar-refractivity contribution in [3.8, 4) is 0 Å². The van der Waals surface area contributed by atoms with Crippen LogP contribution < -0.4 is 10.6 Å². The van der Waals surface area contributed by atoms with Crippen LogP contribution in [-0.4, -0.2) is 68.9 Å². The monoisotopic (exact) mass is 363 g/mol. The summed E-state index contributed by atoms with van der Waals surface area (Å²) >= 11 is 1.41. The first-order valence-corrected chi connectivity index (χ1v) is 9.65. The minimum Gasteiger partial charge on any atom is -0.383 e. The molecule has 2 fully saturated rings. The average molecular weight is 363 g/mol. The van der Waals surface area contributed by atoms with E-state index in [-0.39, 0.29) is 11.8 Å². The standard InChI is InChI=1S/C18H25N3O3S/c1-24-7-6-20-17(22)12-25-16-5-3-2-4-15(16)18(23)21-10-13-8-19-9-14(13)11-21/h2-5,13-14,19H,6-12H2,1H3,(H,20,22)/t13-,14+. The van der Waals surface area contributed by atoms with E-state index in [9.17, 15) is 9.59 Å². The largest absolute Gasteiger partial charge is 0.383 e. The van der Waals surface area contributed by atoms with Crippen LogP contribution >= 0.6 is 11.8 Å². The van der Waals surface area contributed by atoms with E-state index >= 15 is 0 Å². The number of amides is 2. The maximum absolute atomic E-state index is 12.9. The molecule has 0 unspecified atom stereocenters. The second-order valence-corrected chi connectivity index (χ2v) is 7.53. The highest BCUT2D eigenvalue weighted by molar-refractivity contribution is 8.00. The van der Waals surface area contributed by atoms with E-state index in [1.165, 1.54) is 11.8 Å². The maximum atomic E-state index is 12.9. The van der Waals surface area contributed by atoms with Crippen molar-refractivity contribution in [3.63, 3.8) is 0 Å². The van der Waals surface area contributed by atoms with Crippen molar-refractivity contribution < 1.29 is 14.3 Å². The number of nitrogens with zero attached hydrogens (tertiary/aromatic N) is 1. The van der Waals surface area contributed by atoms with Crippen molar-refractivity contribution in [1.82, 2.24) is 15.5 Å². The van der Waals surface area contributed by atoms with E-state index in [4.69, 9.17) is 4.74 Å². The second-order valence-electron chi connectivity index (χ2n) is 6.52. The average Bonchev–Trinajstić information content (AvgIpc) is 3.22. The van der Waals surface area contributed by atoms with Crippen LogP contribution in [0.4, 0.5) is 0 Å². The Morgan fingerprint density at radius 1 is 1.28 bits per heavy atom. The molecule has 0 bridgehead atoms. The summed E-state index contributed by atoms with van der Waals surface area (Å²) in [5, 5.41) is 6.19. The molecule has 25 heavy (non-hydrogen) atoms. The Bertz CT molecular complexity index is 613. The Kier molecular flexibility index (Phi) is 6.34. The first-order valence-electron chi connectivity index (χ1n) is 8.66. The van der Waals surface area contributed by atoms with Crippen LogP contribution in [0.2, 0.25) is 0 Å². The predicted octanol–water partition coefficient (Wildman–Crippen LogP) is 0.833. The molecule has 0 aliphatic carbocycles. The van der Waals surface area contributed by atoms with Gasteiger partial charge in [0.2, 0.25) is 5.91 Å². The molecule has 2 amide bonds. The van der Waals surface area contributed by atoms with E-state index < -0.39 is 0 Å². The minimum atomic E-state index is -0.0499. The van der Waals surface area contributed by atoms with Crippen LogP contribution in [0.1, 0.15) is 10.4 Å². The number of rotatable bonds is 7. The fourth-order valence-electron chi connectivity index (χ4n) is 3.45. The van der Waals surface area contributed by atoms with Crippen LogP contribution in [0.3, 0.4) is 0 Å². The molecule has 2 aliphatic rings. The van der Waals surface area contributed by atoms with Gasteiger partial charge in [0.05, 0.1) is 17.9 Å². The molecule has 7 heteroatoms. The van der Waals surface area contributed by atoms with Crippen molar-refractivity contribution in [1.29, 1.82) is 0 Å². The fraction of sp³-hybridized carbons (Fsp3) is 0.556. The zero-order chi connectivity index (χ0) is 17.6. The molecule has 2 heterocycles. The minimum absolute atomic E-state index is 0.0499. The van der Waals surface area contributed by atoms with Gasteiger partial charge in [0.25, 0.3) is 5.91 Å². The lowest BCUT2D eigenvalue weighted by Crippen LogP contribution is -2.32. The number of fused-ring (bicyclic) bond motifs is 1. The summed E-state index contributed by atoms with van der Waals surface area (Å²) in [6.07, 6.45) is 0. The molecule has 0 spiro atoms. The van der Waals surface area contributed by atoms with Gasteiger partial charge in [-0.05, 0) is 24.0 Å². The van der Waals surface area contributed by atoms with E-state index in [2.05, 4.69) is 10.6 Å². The summed E-state index contributed by atoms with van der Waals surface area (Å²) in [5.41, 5.74) is 0.699. The summed E-state index contributed by atoms with van der Waals surface area (Å²) in [5.74, 6) is 1.48. The van der Waals surface area contributed by atoms with Crippen LogP contribution in [0, 0.1) is 11.8 Å². The van der Waals surface area contributed by atoms with Crippen LogP contribution in [-0.2, 0) is 9.53 Å². The molecular weight excluding hydrogens is 338 g/mol. The van der Waals surface area contributed by atoms with E-state index in [0.717, 1.165) is 31.1 Å². The fourth-order valence-corrected chi connectivity index (χ4v) is 4.32. The predicted molar refractivity (Wildman–Crippen MR) is 97.8 cm³/mol. The number of hydrogen-bond donors (Lipinski definition) is 2. The topological polar surface area (TPSA) is 70.7 Å². The molecule has 1 aromatic carbocycles. The number of carbonyl (C=O) groups is 2. The molecule has 2 atom stereocenters. The third kappa shape index (κ3) is 4.54. The smallest absolute Gasteiger partial charge is 0.255 e. The van der Waals surface area contributed by atoms with Gasteiger partial charge in [0.15, 0.2) is 0 Å². The van der Waals surface area contributed by atoms with Gasteiger partial charge in [0, 0.05) is 44.7 Å². The Balaban J connectivity index is 1.59. The molecule has 6 nitrogen and oxygen atoms in total. The number of hydrogen-bond acceptors (Lipinski definition) is 5. The van der Waals surface area contributed by atoms with E-state index in [1.807, 2.05) is 29.2 Å². The lowest BCUT2D eigenvalue weighted by Gasteiger charge is -2.19. The zero-order valence-electron chi connectivity index (χ0n) is 14.5. The lowest BCUT2D eigenvalue weighted by atomic mass is 10.0. The molecule has 0 radical (unpaired) electrons. The number of thioether (sulfide) groups is 1. The summed E-state index contributed by atoms with van der Waals surface area (Å²) < 4.78 is 4.92. The third-order valence-corrected chi connectivity index (χ3v) is 5.85. The van der Waals surface area contributed by atoms with Crippen LogP contribution in [0.15, 0.2) is 29.2 Å². The van der Waals surface area contributed by atoms with Crippen molar-refractivity contribution in [2.24, 2.45) is 11.8 Å². The Morgan fingerprint density at radius 3 is 2.72 bits per heavy atom. The van der Waals surface area contributed by atoms with Gasteiger partial charge >= 0.3 is 0 Å². The number of methoxy groups -OCH3 is 1. The zero-order valence-corrected chi connectivity index (χ0v) is 15.3. The highest BCUT2D eigenvalue weighted by Crippen LogP contribution is 2.30. The lowest BCUT2D eigenvalue weighted by molar-refractivity contribution is -0.118. The van der Waals surface area contributed by atoms with E-state index in [1.54, 1.807) is 7.11 Å². The molecule has 0 saturated carbocycles. The van der Waals surface area contributed by atoms with Crippen LogP contribution in [0.25, 0.3) is 0 Å². The van der Waals surface area contributed by atoms with Crippen molar-refractivity contribution >= 4 is 23.6 Å². The molecule has 1 aromatic rings. The molecule has 2 saturated heterocycles. The second kappa shape index (κ2) is 8.69. The van der Waals surface area contributed by atoms with E-state index in [0.29, 0.717) is 36.3 Å².